The number of nitrogens with one attached hydrogen (secondary N) is 1. The number of hydrogen-bond acceptors (Lipinski definition) is 6. The number of benzene rings is 1. The number of carboxylic acid groups (broad SMARTS) is 1. The number of aromatic nitrogens is 1. The van der Waals surface area contributed by atoms with Crippen LogP contribution in [0.5, 0.6) is 0 Å². The van der Waals surface area contributed by atoms with Crippen LogP contribution in [0.3, 0.4) is 0 Å². The summed E-state index contributed by atoms with van der Waals surface area (Å²) >= 11 is 13.8. The summed E-state index contributed by atoms with van der Waals surface area (Å²) < 4.78 is 4.52. The van der Waals surface area contributed by atoms with E-state index in [1.807, 2.05) is 0 Å². The zero-order valence-corrected chi connectivity index (χ0v) is 18.4. The molecular formula is C19H18Cl2N3NaO5S. The van der Waals surface area contributed by atoms with Crippen molar-refractivity contribution in [3.8, 4) is 11.3 Å². The number of fused-ring (bicyclic) bond motifs is 1. The Hall–Kier alpha value is -1.23. The topological polar surface area (TPSA) is 113 Å². The van der Waals surface area contributed by atoms with Crippen molar-refractivity contribution in [1.29, 1.82) is 0 Å². The Morgan fingerprint density at radius 2 is 1.90 bits per heavy atom. The van der Waals surface area contributed by atoms with Crippen molar-refractivity contribution in [2.45, 2.75) is 43.0 Å². The van der Waals surface area contributed by atoms with Gasteiger partial charge in [-0.3, -0.25) is 9.59 Å². The van der Waals surface area contributed by atoms with E-state index in [0.717, 1.165) is 0 Å². The molecule has 2 fully saturated rings. The molecule has 8 nitrogen and oxygen atoms in total. The monoisotopic (exact) mass is 493 g/mol. The summed E-state index contributed by atoms with van der Waals surface area (Å²) in [6, 6.07) is 3.09. The molecule has 160 valence electrons. The number of rotatable bonds is 4. The molecule has 2 N–H and O–H groups in total. The van der Waals surface area contributed by atoms with Gasteiger partial charge in [0.15, 0.2) is 0 Å². The van der Waals surface area contributed by atoms with Crippen molar-refractivity contribution in [3.63, 3.8) is 0 Å². The van der Waals surface area contributed by atoms with Crippen LogP contribution in [0.15, 0.2) is 22.7 Å². The zero-order valence-electron chi connectivity index (χ0n) is 16.1. The van der Waals surface area contributed by atoms with Crippen molar-refractivity contribution >= 4 is 82.3 Å². The van der Waals surface area contributed by atoms with Gasteiger partial charge in [0.25, 0.3) is 5.91 Å². The molecule has 0 radical (unpaired) electrons. The molecule has 0 spiro atoms. The Morgan fingerprint density at radius 3 is 2.48 bits per heavy atom. The Kier molecular flexibility index (Phi) is 6.78. The second kappa shape index (κ2) is 8.61. The van der Waals surface area contributed by atoms with Gasteiger partial charge in [-0.25, -0.2) is 4.79 Å². The third-order valence-electron chi connectivity index (χ3n) is 5.25. The first-order valence-electron chi connectivity index (χ1n) is 8.99. The van der Waals surface area contributed by atoms with Crippen molar-refractivity contribution in [3.05, 3.63) is 39.6 Å². The molecule has 3 atom stereocenters. The van der Waals surface area contributed by atoms with E-state index in [4.69, 9.17) is 27.7 Å². The van der Waals surface area contributed by atoms with Crippen molar-refractivity contribution in [2.75, 3.05) is 0 Å². The molecule has 4 rings (SSSR count). The minimum absolute atomic E-state index is 0. The standard InChI is InChI=1S/C19H17Cl2N3O5S.Na.H/c1-7-10(12(23-29-7)11-8(20)5-4-6-9(11)21)15(25)22-13-16(26)24-14(18(27)28)19(2,3)30-17(13)24;;/h4-6,13-14,17H,1-3H3,(H,22,25)(H,27,28);;/t13-,14+,17-;;/m1../s1. The number of nitrogens with zero attached hydrogens (tertiary/aromatic N) is 2. The summed E-state index contributed by atoms with van der Waals surface area (Å²) in [6.07, 6.45) is 0. The Morgan fingerprint density at radius 1 is 1.29 bits per heavy atom. The molecule has 2 aliphatic heterocycles. The first-order chi connectivity index (χ1) is 14.0. The number of β-lactam (4-membered cyclic amide) rings is 1. The van der Waals surface area contributed by atoms with E-state index in [1.165, 1.54) is 16.7 Å². The third kappa shape index (κ3) is 3.89. The minimum atomic E-state index is -1.07. The molecule has 31 heavy (non-hydrogen) atoms. The predicted molar refractivity (Wildman–Crippen MR) is 119 cm³/mol. The zero-order chi connectivity index (χ0) is 22.0. The molecule has 1 aromatic carbocycles. The Bertz CT molecular complexity index is 1070. The normalized spacial score (nSPS) is 23.6. The van der Waals surface area contributed by atoms with E-state index in [9.17, 15) is 19.5 Å². The summed E-state index contributed by atoms with van der Waals surface area (Å²) in [6.45, 7) is 5.10. The van der Waals surface area contributed by atoms with Gasteiger partial charge in [-0.1, -0.05) is 34.4 Å². The van der Waals surface area contributed by atoms with Crippen LogP contribution in [-0.2, 0) is 9.59 Å². The van der Waals surface area contributed by atoms with Gasteiger partial charge in [0.2, 0.25) is 5.91 Å². The first-order valence-corrected chi connectivity index (χ1v) is 10.6. The summed E-state index contributed by atoms with van der Waals surface area (Å²) in [7, 11) is 0. The molecule has 3 heterocycles. The second-order valence-electron chi connectivity index (χ2n) is 7.61. The molecule has 12 heteroatoms. The number of aliphatic carboxylic acids is 1. The summed E-state index contributed by atoms with van der Waals surface area (Å²) in [5, 5.41) is 16.3. The van der Waals surface area contributed by atoms with Crippen molar-refractivity contribution in [1.82, 2.24) is 15.4 Å². The first kappa shape index (κ1) is 24.4. The van der Waals surface area contributed by atoms with Crippen LogP contribution >= 0.6 is 35.0 Å². The van der Waals surface area contributed by atoms with Crippen LogP contribution in [0, 0.1) is 6.92 Å². The number of aryl methyl sites for hydroxylation is 1. The molecule has 0 aliphatic carbocycles. The average Bonchev–Trinajstić information content (AvgIpc) is 3.14. The van der Waals surface area contributed by atoms with Gasteiger partial charge in [0.1, 0.15) is 34.5 Å². The number of carbonyl (C=O) groups excluding carboxylic acids is 2. The third-order valence-corrected chi connectivity index (χ3v) is 7.45. The van der Waals surface area contributed by atoms with Crippen molar-refractivity contribution in [2.24, 2.45) is 0 Å². The number of amides is 2. The molecule has 2 aliphatic rings. The molecular weight excluding hydrogens is 476 g/mol. The number of carboxylic acids is 1. The van der Waals surface area contributed by atoms with Crippen LogP contribution in [0.4, 0.5) is 0 Å². The molecule has 0 saturated carbocycles. The second-order valence-corrected chi connectivity index (χ2v) is 10.2. The number of hydrogen-bond donors (Lipinski definition) is 2. The average molecular weight is 494 g/mol. The van der Waals surface area contributed by atoms with Gasteiger partial charge in [0, 0.05) is 10.3 Å². The van der Waals surface area contributed by atoms with E-state index in [2.05, 4.69) is 10.5 Å². The Balaban J connectivity index is 0.00000272. The van der Waals surface area contributed by atoms with Crippen LogP contribution in [0.25, 0.3) is 11.3 Å². The maximum absolute atomic E-state index is 13.1. The quantitative estimate of drug-likeness (QED) is 0.496. The number of halogens is 2. The van der Waals surface area contributed by atoms with Crippen LogP contribution in [0.2, 0.25) is 10.0 Å². The van der Waals surface area contributed by atoms with Gasteiger partial charge in [0.05, 0.1) is 10.0 Å². The molecule has 1 aromatic heterocycles. The van der Waals surface area contributed by atoms with E-state index in [1.54, 1.807) is 39.0 Å². The van der Waals surface area contributed by atoms with E-state index in [-0.39, 0.29) is 46.6 Å². The van der Waals surface area contributed by atoms with Gasteiger partial charge in [-0.15, -0.1) is 11.8 Å². The van der Waals surface area contributed by atoms with Crippen molar-refractivity contribution < 1.29 is 24.0 Å². The molecule has 0 unspecified atom stereocenters. The molecule has 2 amide bonds. The van der Waals surface area contributed by atoms with E-state index in [0.29, 0.717) is 15.6 Å². The van der Waals surface area contributed by atoms with Gasteiger partial charge >= 0.3 is 35.5 Å². The number of carbonyl (C=O) groups is 3. The summed E-state index contributed by atoms with van der Waals surface area (Å²) in [5.41, 5.74) is 0.645. The number of thioether (sulfide) groups is 1. The van der Waals surface area contributed by atoms with E-state index >= 15 is 0 Å². The van der Waals surface area contributed by atoms with Crippen LogP contribution in [-0.4, -0.2) is 84.7 Å². The van der Waals surface area contributed by atoms with Crippen LogP contribution < -0.4 is 5.32 Å². The molecule has 2 aromatic rings. The Labute approximate surface area is 214 Å². The molecule has 2 saturated heterocycles. The predicted octanol–water partition coefficient (Wildman–Crippen LogP) is 2.55. The SMILES string of the molecule is Cc1onc(-c2c(Cl)cccc2Cl)c1C(=O)N[C@@H]1C(=O)N2[C@@H]1SC(C)(C)[C@@H]2C(=O)O.[NaH]. The van der Waals surface area contributed by atoms with Gasteiger partial charge < -0.3 is 19.8 Å². The molecule has 0 bridgehead atoms. The maximum atomic E-state index is 13.1. The fraction of sp³-hybridized carbons (Fsp3) is 0.368. The van der Waals surface area contributed by atoms with Crippen LogP contribution in [0.1, 0.15) is 30.0 Å². The van der Waals surface area contributed by atoms with Gasteiger partial charge in [-0.2, -0.15) is 0 Å². The fourth-order valence-electron chi connectivity index (χ4n) is 3.89. The van der Waals surface area contributed by atoms with E-state index < -0.39 is 40.0 Å². The fourth-order valence-corrected chi connectivity index (χ4v) is 6.09. The van der Waals surface area contributed by atoms with Gasteiger partial charge in [-0.05, 0) is 32.9 Å². The summed E-state index contributed by atoms with van der Waals surface area (Å²) in [5.74, 6) is -1.84. The summed E-state index contributed by atoms with van der Waals surface area (Å²) in [4.78, 5) is 38.7.